The molecule has 7 heteroatoms. The summed E-state index contributed by atoms with van der Waals surface area (Å²) in [6.45, 7) is 1.01. The van der Waals surface area contributed by atoms with Crippen molar-refractivity contribution in [1.82, 2.24) is 15.3 Å². The lowest BCUT2D eigenvalue weighted by Gasteiger charge is -2.21. The Hall–Kier alpha value is -2.34. The summed E-state index contributed by atoms with van der Waals surface area (Å²) in [5, 5.41) is 3.37. The number of aromatic nitrogens is 2. The van der Waals surface area contributed by atoms with E-state index in [9.17, 15) is 9.59 Å². The second-order valence-corrected chi connectivity index (χ2v) is 5.64. The van der Waals surface area contributed by atoms with Gasteiger partial charge < -0.3 is 10.2 Å². The van der Waals surface area contributed by atoms with Gasteiger partial charge in [-0.3, -0.25) is 14.6 Å². The maximum atomic E-state index is 12.1. The van der Waals surface area contributed by atoms with Gasteiger partial charge in [-0.05, 0) is 24.1 Å². The Bertz CT molecular complexity index is 770. The predicted octanol–water partition coefficient (Wildman–Crippen LogP) is 1.35. The van der Waals surface area contributed by atoms with Gasteiger partial charge in [-0.2, -0.15) is 0 Å². The van der Waals surface area contributed by atoms with Crippen LogP contribution in [0.15, 0.2) is 29.1 Å². The zero-order valence-corrected chi connectivity index (χ0v) is 12.8. The molecule has 6 nitrogen and oxygen atoms in total. The highest BCUT2D eigenvalue weighted by molar-refractivity contribution is 6.30. The van der Waals surface area contributed by atoms with Gasteiger partial charge in [0.2, 0.25) is 5.95 Å². The van der Waals surface area contributed by atoms with Crippen LogP contribution in [0.25, 0.3) is 0 Å². The number of hydrogen-bond donors (Lipinski definition) is 2. The Morgan fingerprint density at radius 2 is 2.00 bits per heavy atom. The van der Waals surface area contributed by atoms with Gasteiger partial charge in [0.15, 0.2) is 0 Å². The summed E-state index contributed by atoms with van der Waals surface area (Å²) in [4.78, 5) is 32.8. The van der Waals surface area contributed by atoms with Crippen molar-refractivity contribution < 1.29 is 4.79 Å². The first-order valence-electron chi connectivity index (χ1n) is 6.91. The largest absolute Gasteiger partial charge is 0.350 e. The molecule has 0 atom stereocenters. The number of halogens is 1. The average Bonchev–Trinajstić information content (AvgIpc) is 2.50. The van der Waals surface area contributed by atoms with Crippen LogP contribution in [0, 0.1) is 0 Å². The lowest BCUT2D eigenvalue weighted by molar-refractivity contribution is 0.0940. The zero-order valence-electron chi connectivity index (χ0n) is 12.0. The molecule has 22 heavy (non-hydrogen) atoms. The summed E-state index contributed by atoms with van der Waals surface area (Å²) in [5.74, 6) is 0.0734. The van der Waals surface area contributed by atoms with Crippen LogP contribution in [0.5, 0.6) is 0 Å². The molecule has 3 rings (SSSR count). The first-order chi connectivity index (χ1) is 10.5. The van der Waals surface area contributed by atoms with Crippen LogP contribution in [-0.2, 0) is 13.0 Å². The molecule has 0 bridgehead atoms. The Morgan fingerprint density at radius 3 is 2.73 bits per heavy atom. The lowest BCUT2D eigenvalue weighted by Crippen LogP contribution is -2.38. The van der Waals surface area contributed by atoms with Crippen molar-refractivity contribution in [3.63, 3.8) is 0 Å². The van der Waals surface area contributed by atoms with Crippen LogP contribution in [0.3, 0.4) is 0 Å². The van der Waals surface area contributed by atoms with Gasteiger partial charge in [-0.1, -0.05) is 23.7 Å². The number of aromatic amines is 1. The van der Waals surface area contributed by atoms with Crippen molar-refractivity contribution in [2.45, 2.75) is 13.0 Å². The summed E-state index contributed by atoms with van der Waals surface area (Å²) >= 11 is 5.86. The molecule has 0 unspecified atom stereocenters. The molecule has 0 spiro atoms. The molecule has 0 fully saturated rings. The molecule has 1 aromatic carbocycles. The van der Waals surface area contributed by atoms with Crippen molar-refractivity contribution in [1.29, 1.82) is 0 Å². The topological polar surface area (TPSA) is 78.1 Å². The molecule has 2 heterocycles. The number of carbonyl (C=O) groups is 1. The van der Waals surface area contributed by atoms with E-state index in [0.29, 0.717) is 36.0 Å². The minimum Gasteiger partial charge on any atom is -0.350 e. The number of rotatable bonds is 3. The van der Waals surface area contributed by atoms with E-state index in [1.165, 1.54) is 0 Å². The van der Waals surface area contributed by atoms with Crippen molar-refractivity contribution >= 4 is 23.5 Å². The van der Waals surface area contributed by atoms with Gasteiger partial charge in [0.25, 0.3) is 11.5 Å². The average molecular weight is 319 g/mol. The summed E-state index contributed by atoms with van der Waals surface area (Å²) in [6, 6.07) is 7.42. The highest BCUT2D eigenvalue weighted by atomic mass is 35.5. The van der Waals surface area contributed by atoms with Crippen molar-refractivity contribution in [3.05, 3.63) is 56.5 Å². The third-order valence-electron chi connectivity index (χ3n) is 3.57. The third kappa shape index (κ3) is 2.82. The molecular weight excluding hydrogens is 304 g/mol. The number of nitrogens with zero attached hydrogens (tertiary/aromatic N) is 2. The number of H-pyrrole nitrogens is 1. The first kappa shape index (κ1) is 14.6. The van der Waals surface area contributed by atoms with E-state index >= 15 is 0 Å². The van der Waals surface area contributed by atoms with E-state index in [2.05, 4.69) is 15.3 Å². The maximum absolute atomic E-state index is 12.1. The number of hydrogen-bond acceptors (Lipinski definition) is 4. The SMILES string of the molecule is CN(Cc1ccc(Cl)cc1)c1nc2c(c(=O)[nH]1)CCNC2=O. The number of fused-ring (bicyclic) bond motifs is 1. The summed E-state index contributed by atoms with van der Waals surface area (Å²) < 4.78 is 0. The van der Waals surface area contributed by atoms with Crippen LogP contribution in [0.1, 0.15) is 21.6 Å². The lowest BCUT2D eigenvalue weighted by atomic mass is 10.1. The van der Waals surface area contributed by atoms with Crippen LogP contribution < -0.4 is 15.8 Å². The summed E-state index contributed by atoms with van der Waals surface area (Å²) in [5.41, 5.74) is 1.44. The molecule has 0 saturated carbocycles. The second-order valence-electron chi connectivity index (χ2n) is 5.21. The number of nitrogens with one attached hydrogen (secondary N) is 2. The first-order valence-corrected chi connectivity index (χ1v) is 7.29. The van der Waals surface area contributed by atoms with Gasteiger partial charge in [0.05, 0.1) is 5.56 Å². The monoisotopic (exact) mass is 318 g/mol. The molecule has 114 valence electrons. The van der Waals surface area contributed by atoms with Gasteiger partial charge >= 0.3 is 0 Å². The normalized spacial score (nSPS) is 13.5. The standard InChI is InChI=1S/C15H15ClN4O2/c1-20(8-9-2-4-10(16)5-3-9)15-18-12-11(13(21)19-15)6-7-17-14(12)22/h2-5H,6-8H2,1H3,(H,17,22)(H,18,19,21). The third-order valence-corrected chi connectivity index (χ3v) is 3.83. The molecule has 1 amide bonds. The minimum atomic E-state index is -0.298. The van der Waals surface area contributed by atoms with Gasteiger partial charge in [0, 0.05) is 25.2 Å². The van der Waals surface area contributed by atoms with Gasteiger partial charge in [0.1, 0.15) is 5.69 Å². The molecular formula is C15H15ClN4O2. The van der Waals surface area contributed by atoms with Crippen molar-refractivity contribution in [2.75, 3.05) is 18.5 Å². The fraction of sp³-hybridized carbons (Fsp3) is 0.267. The molecule has 2 aromatic rings. The van der Waals surface area contributed by atoms with E-state index in [1.807, 2.05) is 12.1 Å². The smallest absolute Gasteiger partial charge is 0.270 e. The molecule has 0 saturated heterocycles. The Balaban J connectivity index is 1.89. The molecule has 0 radical (unpaired) electrons. The Morgan fingerprint density at radius 1 is 1.27 bits per heavy atom. The van der Waals surface area contributed by atoms with Crippen LogP contribution in [-0.4, -0.2) is 29.5 Å². The highest BCUT2D eigenvalue weighted by Gasteiger charge is 2.23. The summed E-state index contributed by atoms with van der Waals surface area (Å²) in [7, 11) is 1.81. The molecule has 1 aliphatic heterocycles. The van der Waals surface area contributed by atoms with E-state index in [4.69, 9.17) is 11.6 Å². The van der Waals surface area contributed by atoms with E-state index in [0.717, 1.165) is 5.56 Å². The molecule has 0 aliphatic carbocycles. The van der Waals surface area contributed by atoms with E-state index in [-0.39, 0.29) is 17.2 Å². The highest BCUT2D eigenvalue weighted by Crippen LogP contribution is 2.15. The number of amides is 1. The van der Waals surface area contributed by atoms with Gasteiger partial charge in [-0.15, -0.1) is 0 Å². The zero-order chi connectivity index (χ0) is 15.7. The van der Waals surface area contributed by atoms with E-state index < -0.39 is 0 Å². The Labute approximate surface area is 132 Å². The van der Waals surface area contributed by atoms with Crippen LogP contribution in [0.2, 0.25) is 5.02 Å². The fourth-order valence-electron chi connectivity index (χ4n) is 2.41. The minimum absolute atomic E-state index is 0.216. The maximum Gasteiger partial charge on any atom is 0.270 e. The van der Waals surface area contributed by atoms with Gasteiger partial charge in [-0.25, -0.2) is 4.98 Å². The fourth-order valence-corrected chi connectivity index (χ4v) is 2.54. The molecule has 1 aromatic heterocycles. The number of anilines is 1. The quantitative estimate of drug-likeness (QED) is 0.895. The van der Waals surface area contributed by atoms with Crippen molar-refractivity contribution in [2.24, 2.45) is 0 Å². The number of carbonyl (C=O) groups excluding carboxylic acids is 1. The number of benzene rings is 1. The molecule has 2 N–H and O–H groups in total. The Kier molecular flexibility index (Phi) is 3.85. The second kappa shape index (κ2) is 5.81. The summed E-state index contributed by atoms with van der Waals surface area (Å²) in [6.07, 6.45) is 0.505. The van der Waals surface area contributed by atoms with Crippen LogP contribution >= 0.6 is 11.6 Å². The molecule has 1 aliphatic rings. The van der Waals surface area contributed by atoms with Crippen LogP contribution in [0.4, 0.5) is 5.95 Å². The van der Waals surface area contributed by atoms with Crippen molar-refractivity contribution in [3.8, 4) is 0 Å². The van der Waals surface area contributed by atoms with E-state index in [1.54, 1.807) is 24.1 Å². The predicted molar refractivity (Wildman–Crippen MR) is 84.5 cm³/mol.